The van der Waals surface area contributed by atoms with Crippen LogP contribution in [0, 0.1) is 5.92 Å². The maximum absolute atomic E-state index is 12.9. The van der Waals surface area contributed by atoms with Gasteiger partial charge in [-0.05, 0) is 44.7 Å². The molecule has 8 heteroatoms. The fourth-order valence-corrected chi connectivity index (χ4v) is 5.17. The number of aromatic nitrogens is 1. The molecule has 0 bridgehead atoms. The van der Waals surface area contributed by atoms with Gasteiger partial charge in [-0.15, -0.1) is 11.3 Å². The van der Waals surface area contributed by atoms with Crippen molar-refractivity contribution in [3.8, 4) is 11.3 Å². The zero-order valence-corrected chi connectivity index (χ0v) is 23.2. The van der Waals surface area contributed by atoms with Gasteiger partial charge >= 0.3 is 5.97 Å². The average Bonchev–Trinajstić information content (AvgIpc) is 3.33. The van der Waals surface area contributed by atoms with Crippen molar-refractivity contribution in [2.24, 2.45) is 5.92 Å². The van der Waals surface area contributed by atoms with Crippen LogP contribution < -0.4 is 4.90 Å². The minimum absolute atomic E-state index is 0.0276. The first-order valence-electron chi connectivity index (χ1n) is 12.2. The molecule has 0 aliphatic heterocycles. The van der Waals surface area contributed by atoms with E-state index in [2.05, 4.69) is 4.98 Å². The predicted octanol–water partition coefficient (Wildman–Crippen LogP) is 6.58. The second-order valence-electron chi connectivity index (χ2n) is 10.0. The lowest BCUT2D eigenvalue weighted by Gasteiger charge is -2.25. The number of ether oxygens (including phenoxy) is 1. The Morgan fingerprint density at radius 3 is 2.43 bits per heavy atom. The van der Waals surface area contributed by atoms with Crippen LogP contribution in [0.1, 0.15) is 51.5 Å². The maximum Gasteiger partial charge on any atom is 0.307 e. The number of Topliss-reactive ketones (excluding diaryl/α,β-unsaturated/α-hetero) is 1. The number of benzene rings is 2. The van der Waals surface area contributed by atoms with Crippen LogP contribution in [0.4, 0.5) is 5.13 Å². The number of ketones is 1. The standard InChI is InChI=1S/C29H33ClN2O4S/c1-29(2,3)36-27(35)16-21(18-33)23(20-10-6-5-7-11-20)15-14-22(34)17-32(4)28-31-26(19-37-28)24-12-8-9-13-25(24)30/h5-13,18-19,21,23H,14-17H2,1-4H3. The summed E-state index contributed by atoms with van der Waals surface area (Å²) >= 11 is 7.75. The Morgan fingerprint density at radius 2 is 1.78 bits per heavy atom. The van der Waals surface area contributed by atoms with Crippen LogP contribution >= 0.6 is 22.9 Å². The Labute approximate surface area is 227 Å². The number of likely N-dealkylation sites (N-methyl/N-ethyl adjacent to an activating group) is 1. The third-order valence-corrected chi connectivity index (χ3v) is 7.14. The predicted molar refractivity (Wildman–Crippen MR) is 149 cm³/mol. The summed E-state index contributed by atoms with van der Waals surface area (Å²) in [7, 11) is 1.83. The smallest absolute Gasteiger partial charge is 0.307 e. The van der Waals surface area contributed by atoms with Crippen LogP contribution in [-0.2, 0) is 19.1 Å². The first-order valence-corrected chi connectivity index (χ1v) is 13.5. The zero-order chi connectivity index (χ0) is 27.0. The van der Waals surface area contributed by atoms with E-state index in [9.17, 15) is 14.4 Å². The van der Waals surface area contributed by atoms with Crippen molar-refractivity contribution in [1.29, 1.82) is 0 Å². The van der Waals surface area contributed by atoms with Crippen LogP contribution in [0.25, 0.3) is 11.3 Å². The topological polar surface area (TPSA) is 76.6 Å². The number of aldehydes is 1. The highest BCUT2D eigenvalue weighted by atomic mass is 35.5. The van der Waals surface area contributed by atoms with E-state index >= 15 is 0 Å². The highest BCUT2D eigenvalue weighted by Crippen LogP contribution is 2.33. The van der Waals surface area contributed by atoms with E-state index in [-0.39, 0.29) is 31.1 Å². The van der Waals surface area contributed by atoms with Crippen LogP contribution in [0.15, 0.2) is 60.0 Å². The molecule has 0 spiro atoms. The summed E-state index contributed by atoms with van der Waals surface area (Å²) in [6.07, 6.45) is 1.50. The van der Waals surface area contributed by atoms with Gasteiger partial charge in [-0.3, -0.25) is 9.59 Å². The van der Waals surface area contributed by atoms with E-state index in [0.29, 0.717) is 11.4 Å². The molecule has 0 saturated carbocycles. The minimum atomic E-state index is -0.630. The molecule has 2 aromatic carbocycles. The van der Waals surface area contributed by atoms with Gasteiger partial charge in [0.05, 0.1) is 18.7 Å². The molecule has 0 saturated heterocycles. The quantitative estimate of drug-likeness (QED) is 0.191. The number of rotatable bonds is 12. The lowest BCUT2D eigenvalue weighted by atomic mass is 9.81. The number of esters is 1. The molecular formula is C29H33ClN2O4S. The van der Waals surface area contributed by atoms with Gasteiger partial charge in [-0.2, -0.15) is 0 Å². The van der Waals surface area contributed by atoms with Gasteiger partial charge in [0.25, 0.3) is 0 Å². The molecule has 0 radical (unpaired) electrons. The molecule has 0 fully saturated rings. The molecule has 0 amide bonds. The highest BCUT2D eigenvalue weighted by molar-refractivity contribution is 7.14. The van der Waals surface area contributed by atoms with Crippen molar-refractivity contribution >= 4 is 46.1 Å². The molecule has 37 heavy (non-hydrogen) atoms. The first kappa shape index (κ1) is 28.5. The highest BCUT2D eigenvalue weighted by Gasteiger charge is 2.28. The number of hydrogen-bond donors (Lipinski definition) is 0. The summed E-state index contributed by atoms with van der Waals surface area (Å²) in [6, 6.07) is 17.1. The van der Waals surface area contributed by atoms with Crippen molar-refractivity contribution in [1.82, 2.24) is 4.98 Å². The monoisotopic (exact) mass is 540 g/mol. The van der Waals surface area contributed by atoms with Gasteiger partial charge in [0.1, 0.15) is 11.9 Å². The largest absolute Gasteiger partial charge is 0.460 e. The normalized spacial score (nSPS) is 13.0. The number of carbonyl (C=O) groups is 3. The Kier molecular flexibility index (Phi) is 10.0. The lowest BCUT2D eigenvalue weighted by Crippen LogP contribution is -2.28. The zero-order valence-electron chi connectivity index (χ0n) is 21.6. The van der Waals surface area contributed by atoms with Gasteiger partial charge in [0, 0.05) is 35.4 Å². The number of hydrogen-bond acceptors (Lipinski definition) is 7. The average molecular weight is 541 g/mol. The molecule has 0 N–H and O–H groups in total. The molecule has 3 rings (SSSR count). The first-order chi connectivity index (χ1) is 17.6. The van der Waals surface area contributed by atoms with Gasteiger partial charge in [-0.25, -0.2) is 4.98 Å². The van der Waals surface area contributed by atoms with Crippen molar-refractivity contribution in [3.05, 3.63) is 70.6 Å². The van der Waals surface area contributed by atoms with E-state index in [1.54, 1.807) is 20.8 Å². The molecule has 6 nitrogen and oxygen atoms in total. The summed E-state index contributed by atoms with van der Waals surface area (Å²) in [4.78, 5) is 43.9. The third-order valence-electron chi connectivity index (χ3n) is 5.86. The number of thiazole rings is 1. The van der Waals surface area contributed by atoms with Gasteiger partial charge in [0.15, 0.2) is 10.9 Å². The van der Waals surface area contributed by atoms with Crippen molar-refractivity contribution in [2.45, 2.75) is 51.6 Å². The number of anilines is 1. The lowest BCUT2D eigenvalue weighted by molar-refractivity contribution is -0.156. The van der Waals surface area contributed by atoms with E-state index in [0.717, 1.165) is 28.2 Å². The van der Waals surface area contributed by atoms with E-state index < -0.39 is 17.5 Å². The number of carbonyl (C=O) groups excluding carboxylic acids is 3. The van der Waals surface area contributed by atoms with E-state index in [4.69, 9.17) is 16.3 Å². The molecule has 0 aliphatic rings. The number of nitrogens with zero attached hydrogens (tertiary/aromatic N) is 2. The fourth-order valence-electron chi connectivity index (χ4n) is 4.15. The second-order valence-corrected chi connectivity index (χ2v) is 11.3. The Hall–Kier alpha value is -3.03. The van der Waals surface area contributed by atoms with Gasteiger partial charge in [-0.1, -0.05) is 60.1 Å². The van der Waals surface area contributed by atoms with Crippen molar-refractivity contribution in [3.63, 3.8) is 0 Å². The summed E-state index contributed by atoms with van der Waals surface area (Å²) in [5, 5.41) is 3.27. The van der Waals surface area contributed by atoms with Crippen LogP contribution in [0.3, 0.4) is 0 Å². The molecular weight excluding hydrogens is 508 g/mol. The second kappa shape index (κ2) is 13.0. The summed E-state index contributed by atoms with van der Waals surface area (Å²) in [5.41, 5.74) is 1.91. The van der Waals surface area contributed by atoms with Crippen LogP contribution in [0.5, 0.6) is 0 Å². The molecule has 2 unspecified atom stereocenters. The Morgan fingerprint density at radius 1 is 1.11 bits per heavy atom. The molecule has 1 aromatic heterocycles. The van der Waals surface area contributed by atoms with E-state index in [1.165, 1.54) is 11.3 Å². The van der Waals surface area contributed by atoms with Crippen LogP contribution in [0.2, 0.25) is 5.02 Å². The van der Waals surface area contributed by atoms with Crippen molar-refractivity contribution in [2.75, 3.05) is 18.5 Å². The molecule has 1 heterocycles. The summed E-state index contributed by atoms with van der Waals surface area (Å²) < 4.78 is 5.44. The fraction of sp³-hybridized carbons (Fsp3) is 0.379. The summed E-state index contributed by atoms with van der Waals surface area (Å²) in [6.45, 7) is 5.58. The van der Waals surface area contributed by atoms with Gasteiger partial charge in [0.2, 0.25) is 0 Å². The number of halogens is 1. The molecule has 2 atom stereocenters. The molecule has 3 aromatic rings. The SMILES string of the molecule is CN(CC(=O)CCC(c1ccccc1)C(C=O)CC(=O)OC(C)(C)C)c1nc(-c2ccccc2Cl)cs1. The summed E-state index contributed by atoms with van der Waals surface area (Å²) in [5.74, 6) is -1.25. The van der Waals surface area contributed by atoms with Crippen molar-refractivity contribution < 1.29 is 19.1 Å². The minimum Gasteiger partial charge on any atom is -0.460 e. The molecule has 0 aliphatic carbocycles. The Bertz CT molecular complexity index is 1210. The van der Waals surface area contributed by atoms with E-state index in [1.807, 2.05) is 71.9 Å². The van der Waals surface area contributed by atoms with Crippen LogP contribution in [-0.4, -0.2) is 42.2 Å². The maximum atomic E-state index is 12.9. The Balaban J connectivity index is 1.65. The molecule has 196 valence electrons. The third kappa shape index (κ3) is 8.51. The van der Waals surface area contributed by atoms with Gasteiger partial charge < -0.3 is 14.4 Å².